The van der Waals surface area contributed by atoms with Crippen molar-refractivity contribution in [3.63, 3.8) is 0 Å². The number of ether oxygens (including phenoxy) is 1. The molecule has 3 rings (SSSR count). The van der Waals surface area contributed by atoms with Crippen LogP contribution in [0.3, 0.4) is 0 Å². The Bertz CT molecular complexity index is 774. The van der Waals surface area contributed by atoms with E-state index in [0.29, 0.717) is 36.1 Å². The van der Waals surface area contributed by atoms with Crippen LogP contribution >= 0.6 is 0 Å². The number of nitrogens with one attached hydrogen (secondary N) is 1. The molecule has 1 aliphatic rings. The number of fused-ring (bicyclic) bond motifs is 1. The molecule has 0 saturated carbocycles. The summed E-state index contributed by atoms with van der Waals surface area (Å²) >= 11 is 0. The first-order valence-electron chi connectivity index (χ1n) is 7.18. The molecule has 0 radical (unpaired) electrons. The van der Waals surface area contributed by atoms with Crippen LogP contribution in [0.1, 0.15) is 22.8 Å². The Morgan fingerprint density at radius 3 is 2.95 bits per heavy atom. The van der Waals surface area contributed by atoms with E-state index < -0.39 is 5.63 Å². The highest BCUT2D eigenvalue weighted by Crippen LogP contribution is 2.28. The third kappa shape index (κ3) is 2.75. The molecule has 22 heavy (non-hydrogen) atoms. The number of Topliss-reactive ketones (excluding diaryl/α,β-unsaturated/α-hetero) is 1. The fourth-order valence-corrected chi connectivity index (χ4v) is 2.65. The van der Waals surface area contributed by atoms with Crippen molar-refractivity contribution >= 4 is 16.8 Å². The molecule has 0 bridgehead atoms. The topological polar surface area (TPSA) is 88.8 Å². The molecular formula is C16H17NO5. The lowest BCUT2D eigenvalue weighted by Gasteiger charge is -2.24. The molecule has 2 N–H and O–H groups in total. The molecular weight excluding hydrogens is 286 g/mol. The summed E-state index contributed by atoms with van der Waals surface area (Å²) in [7, 11) is 0. The van der Waals surface area contributed by atoms with Gasteiger partial charge in [0.2, 0.25) is 0 Å². The molecule has 0 aliphatic carbocycles. The van der Waals surface area contributed by atoms with Crippen molar-refractivity contribution in [2.75, 3.05) is 19.7 Å². The van der Waals surface area contributed by atoms with Crippen molar-refractivity contribution in [3.05, 3.63) is 39.7 Å². The zero-order valence-electron chi connectivity index (χ0n) is 12.2. The largest absolute Gasteiger partial charge is 0.508 e. The molecule has 116 valence electrons. The van der Waals surface area contributed by atoms with E-state index in [9.17, 15) is 14.7 Å². The lowest BCUT2D eigenvalue weighted by molar-refractivity contribution is 0.0289. The van der Waals surface area contributed by atoms with Crippen molar-refractivity contribution in [2.24, 2.45) is 0 Å². The van der Waals surface area contributed by atoms with E-state index in [-0.39, 0.29) is 23.2 Å². The van der Waals surface area contributed by atoms with Gasteiger partial charge in [-0.2, -0.15) is 0 Å². The van der Waals surface area contributed by atoms with Gasteiger partial charge in [-0.3, -0.25) is 4.79 Å². The summed E-state index contributed by atoms with van der Waals surface area (Å²) in [5.74, 6) is -0.287. The van der Waals surface area contributed by atoms with Crippen LogP contribution in [-0.2, 0) is 11.2 Å². The standard InChI is InChI=1S/C16H17NO5/c1-9(18)12-6-10-2-3-14(19)13(15(10)22-16(12)20)7-11-8-17-4-5-21-11/h2-3,6,11,17,19H,4-5,7-8H2,1H3. The summed E-state index contributed by atoms with van der Waals surface area (Å²) in [6, 6.07) is 4.67. The lowest BCUT2D eigenvalue weighted by atomic mass is 10.0. The molecule has 2 aromatic rings. The molecule has 0 spiro atoms. The second-order valence-electron chi connectivity index (χ2n) is 5.39. The monoisotopic (exact) mass is 303 g/mol. The van der Waals surface area contributed by atoms with Crippen LogP contribution in [0.5, 0.6) is 5.75 Å². The number of carbonyl (C=O) groups is 1. The second kappa shape index (κ2) is 5.90. The van der Waals surface area contributed by atoms with E-state index in [1.807, 2.05) is 0 Å². The van der Waals surface area contributed by atoms with E-state index in [4.69, 9.17) is 9.15 Å². The SMILES string of the molecule is CC(=O)c1cc2ccc(O)c(CC3CNCCO3)c2oc1=O. The van der Waals surface area contributed by atoms with Crippen molar-refractivity contribution in [1.82, 2.24) is 5.32 Å². The van der Waals surface area contributed by atoms with E-state index in [2.05, 4.69) is 5.32 Å². The fraction of sp³-hybridized carbons (Fsp3) is 0.375. The number of hydrogen-bond donors (Lipinski definition) is 2. The Balaban J connectivity index is 2.08. The Kier molecular flexibility index (Phi) is 3.96. The molecule has 1 aromatic heterocycles. The second-order valence-corrected chi connectivity index (χ2v) is 5.39. The van der Waals surface area contributed by atoms with Crippen LogP contribution in [0.2, 0.25) is 0 Å². The average Bonchev–Trinajstić information content (AvgIpc) is 2.51. The van der Waals surface area contributed by atoms with Gasteiger partial charge in [0.15, 0.2) is 5.78 Å². The summed E-state index contributed by atoms with van der Waals surface area (Å²) in [6.07, 6.45) is 0.335. The quantitative estimate of drug-likeness (QED) is 0.655. The Hall–Kier alpha value is -2.18. The highest BCUT2D eigenvalue weighted by Gasteiger charge is 2.20. The summed E-state index contributed by atoms with van der Waals surface area (Å²) < 4.78 is 10.9. The Morgan fingerprint density at radius 1 is 1.45 bits per heavy atom. The number of ketones is 1. The maximum absolute atomic E-state index is 11.9. The number of aromatic hydroxyl groups is 1. The van der Waals surface area contributed by atoms with Crippen LogP contribution < -0.4 is 10.9 Å². The molecule has 1 unspecified atom stereocenters. The Morgan fingerprint density at radius 2 is 2.27 bits per heavy atom. The molecule has 1 saturated heterocycles. The lowest BCUT2D eigenvalue weighted by Crippen LogP contribution is -2.39. The fourth-order valence-electron chi connectivity index (χ4n) is 2.65. The number of phenolic OH excluding ortho intramolecular Hbond substituents is 1. The summed E-state index contributed by atoms with van der Waals surface area (Å²) in [5, 5.41) is 13.9. The molecule has 1 atom stereocenters. The summed E-state index contributed by atoms with van der Waals surface area (Å²) in [5.41, 5.74) is 0.164. The van der Waals surface area contributed by atoms with Crippen molar-refractivity contribution in [3.8, 4) is 5.75 Å². The van der Waals surface area contributed by atoms with Gasteiger partial charge in [-0.15, -0.1) is 0 Å². The number of rotatable bonds is 3. The molecule has 0 amide bonds. The van der Waals surface area contributed by atoms with Gasteiger partial charge >= 0.3 is 5.63 Å². The Labute approximate surface area is 126 Å². The number of benzene rings is 1. The van der Waals surface area contributed by atoms with E-state index in [0.717, 1.165) is 6.54 Å². The summed E-state index contributed by atoms with van der Waals surface area (Å²) in [4.78, 5) is 23.4. The van der Waals surface area contributed by atoms with Gasteiger partial charge in [-0.25, -0.2) is 4.79 Å². The van der Waals surface area contributed by atoms with Crippen LogP contribution in [0.4, 0.5) is 0 Å². The maximum Gasteiger partial charge on any atom is 0.347 e. The third-order valence-electron chi connectivity index (χ3n) is 3.80. The number of carbonyl (C=O) groups excluding carboxylic acids is 1. The smallest absolute Gasteiger partial charge is 0.347 e. The molecule has 1 aromatic carbocycles. The molecule has 6 heteroatoms. The van der Waals surface area contributed by atoms with Gasteiger partial charge < -0.3 is 19.6 Å². The van der Waals surface area contributed by atoms with E-state index >= 15 is 0 Å². The molecule has 2 heterocycles. The van der Waals surface area contributed by atoms with Gasteiger partial charge in [-0.1, -0.05) is 0 Å². The predicted molar refractivity (Wildman–Crippen MR) is 80.5 cm³/mol. The zero-order chi connectivity index (χ0) is 15.7. The van der Waals surface area contributed by atoms with Crippen LogP contribution in [0.15, 0.2) is 27.4 Å². The van der Waals surface area contributed by atoms with Gasteiger partial charge in [0.1, 0.15) is 16.9 Å². The van der Waals surface area contributed by atoms with Crippen LogP contribution in [0, 0.1) is 0 Å². The van der Waals surface area contributed by atoms with Crippen LogP contribution in [0.25, 0.3) is 11.0 Å². The number of morpholine rings is 1. The number of phenols is 1. The van der Waals surface area contributed by atoms with Crippen molar-refractivity contribution < 1.29 is 19.1 Å². The van der Waals surface area contributed by atoms with Gasteiger partial charge in [0.25, 0.3) is 0 Å². The van der Waals surface area contributed by atoms with Gasteiger partial charge in [0, 0.05) is 30.5 Å². The molecule has 1 fully saturated rings. The van der Waals surface area contributed by atoms with Crippen LogP contribution in [-0.4, -0.2) is 36.7 Å². The van der Waals surface area contributed by atoms with Gasteiger partial charge in [-0.05, 0) is 25.1 Å². The first kappa shape index (κ1) is 14.7. The van der Waals surface area contributed by atoms with Crippen molar-refractivity contribution in [2.45, 2.75) is 19.4 Å². The maximum atomic E-state index is 11.9. The highest BCUT2D eigenvalue weighted by molar-refractivity contribution is 5.97. The first-order chi connectivity index (χ1) is 10.6. The zero-order valence-corrected chi connectivity index (χ0v) is 12.2. The minimum atomic E-state index is -0.686. The number of hydrogen-bond acceptors (Lipinski definition) is 6. The first-order valence-corrected chi connectivity index (χ1v) is 7.18. The van der Waals surface area contributed by atoms with Crippen molar-refractivity contribution in [1.29, 1.82) is 0 Å². The average molecular weight is 303 g/mol. The third-order valence-corrected chi connectivity index (χ3v) is 3.80. The molecule has 6 nitrogen and oxygen atoms in total. The summed E-state index contributed by atoms with van der Waals surface area (Å²) in [6.45, 7) is 3.40. The van der Waals surface area contributed by atoms with E-state index in [1.165, 1.54) is 19.1 Å². The highest BCUT2D eigenvalue weighted by atomic mass is 16.5. The van der Waals surface area contributed by atoms with E-state index in [1.54, 1.807) is 6.07 Å². The normalized spacial score (nSPS) is 18.5. The van der Waals surface area contributed by atoms with Gasteiger partial charge in [0.05, 0.1) is 12.7 Å². The molecule has 1 aliphatic heterocycles. The predicted octanol–water partition coefficient (Wildman–Crippen LogP) is 1.23. The minimum Gasteiger partial charge on any atom is -0.508 e. The minimum absolute atomic E-state index is 0.0136.